The van der Waals surface area contributed by atoms with E-state index < -0.39 is 11.3 Å². The second-order valence-electron chi connectivity index (χ2n) is 5.49. The fraction of sp³-hybridized carbons (Fsp3) is 0.438. The first kappa shape index (κ1) is 17.8. The van der Waals surface area contributed by atoms with Crippen molar-refractivity contribution in [2.75, 3.05) is 32.7 Å². The first-order valence-electron chi connectivity index (χ1n) is 7.61. The Bertz CT molecular complexity index is 640. The van der Waals surface area contributed by atoms with Crippen molar-refractivity contribution in [1.82, 2.24) is 9.80 Å². The van der Waals surface area contributed by atoms with Crippen LogP contribution in [0.4, 0.5) is 14.5 Å². The third-order valence-electron chi connectivity index (χ3n) is 3.90. The summed E-state index contributed by atoms with van der Waals surface area (Å²) >= 11 is 0. The van der Waals surface area contributed by atoms with Crippen LogP contribution in [-0.2, 0) is 0 Å². The average Bonchev–Trinajstić information content (AvgIpc) is 2.77. The van der Waals surface area contributed by atoms with Crippen LogP contribution in [0.25, 0.3) is 5.70 Å². The normalized spacial score (nSPS) is 16.8. The Balaban J connectivity index is 2.14. The molecule has 0 spiro atoms. The van der Waals surface area contributed by atoms with Crippen LogP contribution >= 0.6 is 0 Å². The highest BCUT2D eigenvalue weighted by molar-refractivity contribution is 5.67. The van der Waals surface area contributed by atoms with Crippen LogP contribution in [0.15, 0.2) is 30.3 Å². The number of benzene rings is 1. The molecule has 0 atom stereocenters. The molecule has 1 fully saturated rings. The summed E-state index contributed by atoms with van der Waals surface area (Å²) in [6.45, 7) is 1.99. The molecule has 0 saturated carbocycles. The van der Waals surface area contributed by atoms with Crippen molar-refractivity contribution in [2.45, 2.75) is 12.8 Å². The Morgan fingerprint density at radius 3 is 2.58 bits per heavy atom. The standard InChI is InChI=1S/C16H18F2N4O2/c17-16(18)12-20-8-1-9-21(11-10-20)15(6-7-19)13-2-4-14(5-3-13)22(23)24/h2-6,16H,1,8-12H2. The van der Waals surface area contributed by atoms with E-state index in [-0.39, 0.29) is 12.2 Å². The zero-order valence-electron chi connectivity index (χ0n) is 13.1. The number of allylic oxidation sites excluding steroid dienone is 1. The number of hydrogen-bond donors (Lipinski definition) is 0. The molecule has 8 heteroatoms. The van der Waals surface area contributed by atoms with Crippen LogP contribution in [0, 0.1) is 21.4 Å². The molecule has 1 aromatic rings. The van der Waals surface area contributed by atoms with Crippen molar-refractivity contribution in [2.24, 2.45) is 0 Å². The molecule has 0 radical (unpaired) electrons. The molecule has 0 N–H and O–H groups in total. The van der Waals surface area contributed by atoms with Crippen molar-refractivity contribution < 1.29 is 13.7 Å². The maximum absolute atomic E-state index is 12.5. The van der Waals surface area contributed by atoms with Crippen LogP contribution in [0.1, 0.15) is 12.0 Å². The molecule has 1 heterocycles. The van der Waals surface area contributed by atoms with Gasteiger partial charge in [0.2, 0.25) is 0 Å². The second-order valence-corrected chi connectivity index (χ2v) is 5.49. The van der Waals surface area contributed by atoms with E-state index >= 15 is 0 Å². The number of hydrogen-bond acceptors (Lipinski definition) is 5. The lowest BCUT2D eigenvalue weighted by Gasteiger charge is -2.26. The highest BCUT2D eigenvalue weighted by atomic mass is 19.3. The van der Waals surface area contributed by atoms with Gasteiger partial charge in [-0.05, 0) is 24.1 Å². The molecular formula is C16H18F2N4O2. The van der Waals surface area contributed by atoms with Gasteiger partial charge in [-0.1, -0.05) is 0 Å². The zero-order chi connectivity index (χ0) is 17.5. The number of non-ortho nitro benzene ring substituents is 1. The molecule has 1 saturated heterocycles. The van der Waals surface area contributed by atoms with Crippen LogP contribution < -0.4 is 0 Å². The van der Waals surface area contributed by atoms with Crippen molar-refractivity contribution in [3.8, 4) is 6.07 Å². The van der Waals surface area contributed by atoms with E-state index in [1.807, 2.05) is 11.0 Å². The third kappa shape index (κ3) is 4.73. The molecule has 2 rings (SSSR count). The van der Waals surface area contributed by atoms with Crippen molar-refractivity contribution >= 4 is 11.4 Å². The maximum atomic E-state index is 12.5. The maximum Gasteiger partial charge on any atom is 0.269 e. The predicted molar refractivity (Wildman–Crippen MR) is 85.3 cm³/mol. The smallest absolute Gasteiger partial charge is 0.269 e. The molecule has 1 aliphatic rings. The zero-order valence-corrected chi connectivity index (χ0v) is 13.1. The van der Waals surface area contributed by atoms with E-state index in [4.69, 9.17) is 5.26 Å². The van der Waals surface area contributed by atoms with E-state index in [1.54, 1.807) is 17.0 Å². The summed E-state index contributed by atoms with van der Waals surface area (Å²) < 4.78 is 25.1. The van der Waals surface area contributed by atoms with Gasteiger partial charge in [-0.3, -0.25) is 15.0 Å². The first-order valence-corrected chi connectivity index (χ1v) is 7.61. The number of nitro benzene ring substituents is 1. The summed E-state index contributed by atoms with van der Waals surface area (Å²) in [5.41, 5.74) is 1.34. The highest BCUT2D eigenvalue weighted by Gasteiger charge is 2.20. The number of nitrogens with zero attached hydrogens (tertiary/aromatic N) is 4. The van der Waals surface area contributed by atoms with Gasteiger partial charge in [0.15, 0.2) is 0 Å². The molecule has 6 nitrogen and oxygen atoms in total. The van der Waals surface area contributed by atoms with E-state index in [9.17, 15) is 18.9 Å². The molecule has 1 aromatic carbocycles. The Labute approximate surface area is 138 Å². The summed E-state index contributed by atoms with van der Waals surface area (Å²) in [6, 6.07) is 7.97. The fourth-order valence-corrected chi connectivity index (χ4v) is 2.76. The molecule has 128 valence electrons. The lowest BCUT2D eigenvalue weighted by Crippen LogP contribution is -2.33. The lowest BCUT2D eigenvalue weighted by molar-refractivity contribution is -0.384. The minimum absolute atomic E-state index is 0.0194. The van der Waals surface area contributed by atoms with E-state index in [2.05, 4.69) is 0 Å². The summed E-state index contributed by atoms with van der Waals surface area (Å²) in [7, 11) is 0. The van der Waals surface area contributed by atoms with Crippen molar-refractivity contribution in [1.29, 1.82) is 5.26 Å². The van der Waals surface area contributed by atoms with Gasteiger partial charge in [0, 0.05) is 44.4 Å². The topological polar surface area (TPSA) is 73.4 Å². The summed E-state index contributed by atoms with van der Waals surface area (Å²) in [4.78, 5) is 13.9. The molecule has 0 aliphatic carbocycles. The number of nitriles is 1. The largest absolute Gasteiger partial charge is 0.369 e. The minimum Gasteiger partial charge on any atom is -0.369 e. The number of alkyl halides is 2. The first-order chi connectivity index (χ1) is 11.5. The van der Waals surface area contributed by atoms with Crippen molar-refractivity contribution in [3.05, 3.63) is 46.0 Å². The van der Waals surface area contributed by atoms with E-state index in [1.165, 1.54) is 18.2 Å². The van der Waals surface area contributed by atoms with Crippen LogP contribution in [-0.4, -0.2) is 53.9 Å². The summed E-state index contributed by atoms with van der Waals surface area (Å²) in [5.74, 6) is 0. The second kappa shape index (κ2) is 8.36. The highest BCUT2D eigenvalue weighted by Crippen LogP contribution is 2.23. The lowest BCUT2D eigenvalue weighted by atomic mass is 10.1. The van der Waals surface area contributed by atoms with Crippen LogP contribution in [0.3, 0.4) is 0 Å². The van der Waals surface area contributed by atoms with Crippen LogP contribution in [0.5, 0.6) is 0 Å². The number of nitro groups is 1. The Kier molecular flexibility index (Phi) is 6.21. The minimum atomic E-state index is -2.36. The SMILES string of the molecule is N#CC=C(c1ccc([N+](=O)[O-])cc1)N1CCCN(CC(F)F)CC1. The predicted octanol–water partition coefficient (Wildman–Crippen LogP) is 2.73. The Hall–Kier alpha value is -2.53. The van der Waals surface area contributed by atoms with Gasteiger partial charge >= 0.3 is 0 Å². The summed E-state index contributed by atoms with van der Waals surface area (Å²) in [5, 5.41) is 19.8. The van der Waals surface area contributed by atoms with E-state index in [0.29, 0.717) is 43.9 Å². The molecule has 24 heavy (non-hydrogen) atoms. The number of rotatable bonds is 5. The molecule has 0 bridgehead atoms. The van der Waals surface area contributed by atoms with Gasteiger partial charge in [-0.2, -0.15) is 5.26 Å². The molecule has 0 unspecified atom stereocenters. The van der Waals surface area contributed by atoms with Crippen LogP contribution in [0.2, 0.25) is 0 Å². The van der Waals surface area contributed by atoms with E-state index in [0.717, 1.165) is 0 Å². The van der Waals surface area contributed by atoms with Crippen molar-refractivity contribution in [3.63, 3.8) is 0 Å². The van der Waals surface area contributed by atoms with Gasteiger partial charge in [0.25, 0.3) is 12.1 Å². The fourth-order valence-electron chi connectivity index (χ4n) is 2.76. The summed E-state index contributed by atoms with van der Waals surface area (Å²) in [6.07, 6.45) is -0.257. The average molecular weight is 336 g/mol. The van der Waals surface area contributed by atoms with Gasteiger partial charge < -0.3 is 4.90 Å². The monoisotopic (exact) mass is 336 g/mol. The Morgan fingerprint density at radius 1 is 1.29 bits per heavy atom. The van der Waals surface area contributed by atoms with Gasteiger partial charge in [-0.25, -0.2) is 8.78 Å². The number of halogens is 2. The third-order valence-corrected chi connectivity index (χ3v) is 3.90. The van der Waals surface area contributed by atoms with Gasteiger partial charge in [0.05, 0.1) is 23.2 Å². The van der Waals surface area contributed by atoms with Gasteiger partial charge in [0.1, 0.15) is 0 Å². The molecular weight excluding hydrogens is 318 g/mol. The van der Waals surface area contributed by atoms with Gasteiger partial charge in [-0.15, -0.1) is 0 Å². The Morgan fingerprint density at radius 2 is 2.00 bits per heavy atom. The molecule has 0 amide bonds. The quantitative estimate of drug-likeness (QED) is 0.470. The molecule has 0 aromatic heterocycles. The molecule has 1 aliphatic heterocycles.